The van der Waals surface area contributed by atoms with Crippen molar-refractivity contribution in [2.45, 2.75) is 64.5 Å². The van der Waals surface area contributed by atoms with Gasteiger partial charge in [0.2, 0.25) is 5.91 Å². The summed E-state index contributed by atoms with van der Waals surface area (Å²) in [6.45, 7) is 8.80. The van der Waals surface area contributed by atoms with Crippen LogP contribution in [-0.4, -0.2) is 87.7 Å². The first-order valence-electron chi connectivity index (χ1n) is 10.9. The van der Waals surface area contributed by atoms with Crippen LogP contribution in [0.25, 0.3) is 0 Å². The third kappa shape index (κ3) is 6.62. The Hall–Kier alpha value is -1.34. The van der Waals surface area contributed by atoms with Crippen LogP contribution in [0.1, 0.15) is 52.4 Å². The molecule has 1 aliphatic carbocycles. The van der Waals surface area contributed by atoms with Crippen LogP contribution in [0.2, 0.25) is 0 Å². The lowest BCUT2D eigenvalue weighted by Crippen LogP contribution is -2.52. The van der Waals surface area contributed by atoms with Crippen molar-refractivity contribution in [3.05, 3.63) is 0 Å². The highest BCUT2D eigenvalue weighted by Crippen LogP contribution is 2.38. The Morgan fingerprint density at radius 2 is 1.89 bits per heavy atom. The van der Waals surface area contributed by atoms with Crippen molar-refractivity contribution in [2.24, 2.45) is 10.4 Å². The van der Waals surface area contributed by atoms with Gasteiger partial charge in [0.1, 0.15) is 0 Å². The van der Waals surface area contributed by atoms with Crippen molar-refractivity contribution in [3.63, 3.8) is 0 Å². The first-order valence-corrected chi connectivity index (χ1v) is 10.9. The number of amides is 1. The van der Waals surface area contributed by atoms with Crippen LogP contribution in [0.5, 0.6) is 0 Å². The first-order chi connectivity index (χ1) is 13.4. The first kappa shape index (κ1) is 22.9. The Morgan fingerprint density at radius 3 is 2.43 bits per heavy atom. The maximum Gasteiger partial charge on any atom is 0.230 e. The molecule has 1 heterocycles. The molecule has 28 heavy (non-hydrogen) atoms. The fraction of sp³-hybridized carbons (Fsp3) is 0.905. The number of nitrogens with zero attached hydrogens (tertiary/aromatic N) is 3. The Balaban J connectivity index is 1.76. The molecule has 2 rings (SSSR count). The molecule has 1 saturated heterocycles. The van der Waals surface area contributed by atoms with E-state index in [4.69, 9.17) is 4.74 Å². The number of hydrogen-bond acceptors (Lipinski definition) is 4. The summed E-state index contributed by atoms with van der Waals surface area (Å²) in [6.07, 6.45) is 6.69. The molecule has 7 nitrogen and oxygen atoms in total. The molecular weight excluding hydrogens is 354 g/mol. The number of piperidine rings is 1. The number of hydrogen-bond donors (Lipinski definition) is 2. The number of likely N-dealkylation sites (tertiary alicyclic amines) is 1. The SMILES string of the molecule is CN=C(NCC1(C(=O)N(C)C)CCCC1)NC1CCN(CCOC(C)C)CC1. The molecule has 0 aromatic heterocycles. The van der Waals surface area contributed by atoms with Crippen LogP contribution in [0.3, 0.4) is 0 Å². The van der Waals surface area contributed by atoms with E-state index in [9.17, 15) is 4.79 Å². The minimum Gasteiger partial charge on any atom is -0.377 e. The highest BCUT2D eigenvalue weighted by atomic mass is 16.5. The molecule has 2 aliphatic rings. The number of guanidine groups is 1. The molecule has 1 amide bonds. The predicted molar refractivity (Wildman–Crippen MR) is 115 cm³/mol. The van der Waals surface area contributed by atoms with E-state index in [1.54, 1.807) is 4.90 Å². The number of rotatable bonds is 8. The molecule has 1 aliphatic heterocycles. The molecule has 2 N–H and O–H groups in total. The highest BCUT2D eigenvalue weighted by Gasteiger charge is 2.42. The summed E-state index contributed by atoms with van der Waals surface area (Å²) < 4.78 is 5.66. The van der Waals surface area contributed by atoms with E-state index in [1.807, 2.05) is 21.1 Å². The third-order valence-electron chi connectivity index (χ3n) is 6.03. The molecule has 0 radical (unpaired) electrons. The minimum atomic E-state index is -0.277. The van der Waals surface area contributed by atoms with E-state index < -0.39 is 0 Å². The Kier molecular flexibility index (Phi) is 9.02. The highest BCUT2D eigenvalue weighted by molar-refractivity contribution is 5.85. The molecule has 0 bridgehead atoms. The smallest absolute Gasteiger partial charge is 0.230 e. The number of ether oxygens (including phenoxy) is 1. The van der Waals surface area contributed by atoms with Gasteiger partial charge in [-0.3, -0.25) is 9.79 Å². The van der Waals surface area contributed by atoms with E-state index >= 15 is 0 Å². The van der Waals surface area contributed by atoms with Gasteiger partial charge < -0.3 is 25.2 Å². The third-order valence-corrected chi connectivity index (χ3v) is 6.03. The average molecular weight is 396 g/mol. The summed E-state index contributed by atoms with van der Waals surface area (Å²) >= 11 is 0. The van der Waals surface area contributed by atoms with Gasteiger partial charge in [0.15, 0.2) is 5.96 Å². The fourth-order valence-corrected chi connectivity index (χ4v) is 4.35. The molecule has 0 spiro atoms. The maximum atomic E-state index is 12.7. The van der Waals surface area contributed by atoms with Gasteiger partial charge in [-0.2, -0.15) is 0 Å². The van der Waals surface area contributed by atoms with E-state index in [2.05, 4.69) is 34.4 Å². The van der Waals surface area contributed by atoms with E-state index in [-0.39, 0.29) is 11.3 Å². The largest absolute Gasteiger partial charge is 0.377 e. The monoisotopic (exact) mass is 395 g/mol. The zero-order chi connectivity index (χ0) is 20.6. The van der Waals surface area contributed by atoms with Crippen molar-refractivity contribution in [2.75, 3.05) is 53.9 Å². The van der Waals surface area contributed by atoms with Gasteiger partial charge in [0.25, 0.3) is 0 Å². The summed E-state index contributed by atoms with van der Waals surface area (Å²) in [5.74, 6) is 1.06. The summed E-state index contributed by atoms with van der Waals surface area (Å²) in [6, 6.07) is 0.428. The molecule has 162 valence electrons. The van der Waals surface area contributed by atoms with Gasteiger partial charge in [0, 0.05) is 53.4 Å². The van der Waals surface area contributed by atoms with Gasteiger partial charge in [0.05, 0.1) is 18.1 Å². The second-order valence-corrected chi connectivity index (χ2v) is 8.79. The fourth-order valence-electron chi connectivity index (χ4n) is 4.35. The predicted octanol–water partition coefficient (Wildman–Crippen LogP) is 1.69. The van der Waals surface area contributed by atoms with Crippen LogP contribution < -0.4 is 10.6 Å². The van der Waals surface area contributed by atoms with Crippen molar-refractivity contribution in [1.82, 2.24) is 20.4 Å². The van der Waals surface area contributed by atoms with Gasteiger partial charge in [-0.15, -0.1) is 0 Å². The normalized spacial score (nSPS) is 21.1. The summed E-state index contributed by atoms with van der Waals surface area (Å²) in [5, 5.41) is 7.02. The molecule has 7 heteroatoms. The quantitative estimate of drug-likeness (QED) is 0.483. The zero-order valence-corrected chi connectivity index (χ0v) is 18.6. The Bertz CT molecular complexity index is 507. The van der Waals surface area contributed by atoms with E-state index in [0.717, 1.165) is 70.7 Å². The maximum absolute atomic E-state index is 12.7. The second kappa shape index (κ2) is 11.0. The average Bonchev–Trinajstić information content (AvgIpc) is 3.15. The van der Waals surface area contributed by atoms with Crippen molar-refractivity contribution < 1.29 is 9.53 Å². The zero-order valence-electron chi connectivity index (χ0n) is 18.6. The van der Waals surface area contributed by atoms with Crippen molar-refractivity contribution >= 4 is 11.9 Å². The number of carbonyl (C=O) groups excluding carboxylic acids is 1. The van der Waals surface area contributed by atoms with Gasteiger partial charge in [-0.1, -0.05) is 12.8 Å². The molecule has 0 aromatic carbocycles. The van der Waals surface area contributed by atoms with Crippen LogP contribution in [0, 0.1) is 5.41 Å². The molecule has 1 saturated carbocycles. The lowest BCUT2D eigenvalue weighted by Gasteiger charge is -2.34. The lowest BCUT2D eigenvalue weighted by molar-refractivity contribution is -0.138. The number of carbonyl (C=O) groups is 1. The summed E-state index contributed by atoms with van der Waals surface area (Å²) in [4.78, 5) is 21.3. The van der Waals surface area contributed by atoms with Gasteiger partial charge in [-0.25, -0.2) is 0 Å². The van der Waals surface area contributed by atoms with E-state index in [1.165, 1.54) is 0 Å². The Labute approximate surface area is 171 Å². The minimum absolute atomic E-state index is 0.241. The number of nitrogens with one attached hydrogen (secondary N) is 2. The van der Waals surface area contributed by atoms with Crippen LogP contribution in [0.15, 0.2) is 4.99 Å². The lowest BCUT2D eigenvalue weighted by atomic mass is 9.84. The molecule has 0 aromatic rings. The van der Waals surface area contributed by atoms with E-state index in [0.29, 0.717) is 18.7 Å². The van der Waals surface area contributed by atoms with Crippen molar-refractivity contribution in [1.29, 1.82) is 0 Å². The topological polar surface area (TPSA) is 69.2 Å². The van der Waals surface area contributed by atoms with Gasteiger partial charge >= 0.3 is 0 Å². The molecular formula is C21H41N5O2. The van der Waals surface area contributed by atoms with Gasteiger partial charge in [-0.05, 0) is 39.5 Å². The number of aliphatic imine (C=N–C) groups is 1. The summed E-state index contributed by atoms with van der Waals surface area (Å²) in [7, 11) is 5.52. The molecule has 0 atom stereocenters. The van der Waals surface area contributed by atoms with Crippen LogP contribution in [0.4, 0.5) is 0 Å². The molecule has 2 fully saturated rings. The van der Waals surface area contributed by atoms with Crippen molar-refractivity contribution in [3.8, 4) is 0 Å². The summed E-state index contributed by atoms with van der Waals surface area (Å²) in [5.41, 5.74) is -0.277. The molecule has 0 unspecified atom stereocenters. The second-order valence-electron chi connectivity index (χ2n) is 8.79. The van der Waals surface area contributed by atoms with Crippen LogP contribution in [-0.2, 0) is 9.53 Å². The van der Waals surface area contributed by atoms with Crippen LogP contribution >= 0.6 is 0 Å². The Morgan fingerprint density at radius 1 is 1.25 bits per heavy atom. The standard InChI is InChI=1S/C21H41N5O2/c1-17(2)28-15-14-26-12-8-18(9-13-26)24-20(22-3)23-16-21(10-6-7-11-21)19(27)25(4)5/h17-18H,6-16H2,1-5H3,(H2,22,23,24).